The normalized spacial score (nSPS) is 10.8. The van der Waals surface area contributed by atoms with Gasteiger partial charge in [0.1, 0.15) is 5.03 Å². The molecule has 3 rings (SSSR count). The number of aromatic nitrogens is 2. The van der Waals surface area contributed by atoms with E-state index in [9.17, 15) is 0 Å². The fourth-order valence-electron chi connectivity index (χ4n) is 1.81. The minimum Gasteiger partial charge on any atom is -0.252 e. The summed E-state index contributed by atoms with van der Waals surface area (Å²) in [5.41, 5.74) is 2.05. The van der Waals surface area contributed by atoms with Crippen molar-refractivity contribution in [1.82, 2.24) is 9.97 Å². The summed E-state index contributed by atoms with van der Waals surface area (Å²) < 4.78 is 0. The largest absolute Gasteiger partial charge is 0.252 e. The van der Waals surface area contributed by atoms with Gasteiger partial charge in [0.15, 0.2) is 0 Å². The third-order valence-corrected chi connectivity index (χ3v) is 4.19. The standard InChI is InChI=1S/C15H11ClN2S/c16-13-5-3-9-17-15(13)19-10-12-8-7-11-4-1-2-6-14(11)18-12/h1-9H,10H2. The Bertz CT molecular complexity index is 715. The van der Waals surface area contributed by atoms with Gasteiger partial charge in [-0.15, -0.1) is 0 Å². The minimum absolute atomic E-state index is 0.688. The predicted molar refractivity (Wildman–Crippen MR) is 80.6 cm³/mol. The molecule has 94 valence electrons. The number of halogens is 1. The van der Waals surface area contributed by atoms with Gasteiger partial charge in [0.25, 0.3) is 0 Å². The first-order valence-electron chi connectivity index (χ1n) is 5.91. The van der Waals surface area contributed by atoms with Crippen LogP contribution in [-0.4, -0.2) is 9.97 Å². The Balaban J connectivity index is 1.80. The maximum atomic E-state index is 6.08. The topological polar surface area (TPSA) is 25.8 Å². The van der Waals surface area contributed by atoms with E-state index in [0.717, 1.165) is 27.4 Å². The molecule has 4 heteroatoms. The maximum absolute atomic E-state index is 6.08. The lowest BCUT2D eigenvalue weighted by Gasteiger charge is -2.04. The summed E-state index contributed by atoms with van der Waals surface area (Å²) in [6, 6.07) is 15.9. The molecule has 0 fully saturated rings. The number of nitrogens with zero attached hydrogens (tertiary/aromatic N) is 2. The highest BCUT2D eigenvalue weighted by molar-refractivity contribution is 7.98. The lowest BCUT2D eigenvalue weighted by Crippen LogP contribution is -1.89. The first-order chi connectivity index (χ1) is 9.33. The third kappa shape index (κ3) is 2.88. The van der Waals surface area contributed by atoms with Crippen molar-refractivity contribution in [3.05, 3.63) is 65.4 Å². The zero-order valence-corrected chi connectivity index (χ0v) is 11.7. The summed E-state index contributed by atoms with van der Waals surface area (Å²) in [5.74, 6) is 0.765. The third-order valence-electron chi connectivity index (χ3n) is 2.74. The van der Waals surface area contributed by atoms with E-state index >= 15 is 0 Å². The Morgan fingerprint density at radius 3 is 2.79 bits per heavy atom. The van der Waals surface area contributed by atoms with Crippen molar-refractivity contribution in [2.75, 3.05) is 0 Å². The summed E-state index contributed by atoms with van der Waals surface area (Å²) >= 11 is 7.68. The Kier molecular flexibility index (Phi) is 3.67. The van der Waals surface area contributed by atoms with Crippen LogP contribution in [0.5, 0.6) is 0 Å². The molecule has 2 nitrogen and oxygen atoms in total. The van der Waals surface area contributed by atoms with Gasteiger partial charge in [-0.05, 0) is 24.3 Å². The minimum atomic E-state index is 0.688. The zero-order chi connectivity index (χ0) is 13.1. The summed E-state index contributed by atoms with van der Waals surface area (Å²) in [6.45, 7) is 0. The van der Waals surface area contributed by atoms with Gasteiger partial charge in [-0.1, -0.05) is 47.6 Å². The summed E-state index contributed by atoms with van der Waals surface area (Å²) in [5, 5.41) is 2.69. The Morgan fingerprint density at radius 1 is 1.00 bits per heavy atom. The van der Waals surface area contributed by atoms with Crippen LogP contribution in [0.1, 0.15) is 5.69 Å². The van der Waals surface area contributed by atoms with Crippen molar-refractivity contribution in [3.63, 3.8) is 0 Å². The predicted octanol–water partition coefficient (Wildman–Crippen LogP) is 4.58. The van der Waals surface area contributed by atoms with Crippen molar-refractivity contribution in [2.24, 2.45) is 0 Å². The van der Waals surface area contributed by atoms with E-state index in [2.05, 4.69) is 22.1 Å². The average Bonchev–Trinajstić information content (AvgIpc) is 2.46. The number of rotatable bonds is 3. The highest BCUT2D eigenvalue weighted by atomic mass is 35.5. The molecule has 2 aromatic heterocycles. The fourth-order valence-corrected chi connectivity index (χ4v) is 2.88. The summed E-state index contributed by atoms with van der Waals surface area (Å²) in [7, 11) is 0. The highest BCUT2D eigenvalue weighted by Gasteiger charge is 2.03. The van der Waals surface area contributed by atoms with E-state index in [1.165, 1.54) is 0 Å². The van der Waals surface area contributed by atoms with Gasteiger partial charge in [-0.3, -0.25) is 4.98 Å². The van der Waals surface area contributed by atoms with Gasteiger partial charge in [0.2, 0.25) is 0 Å². The lowest BCUT2D eigenvalue weighted by atomic mass is 10.2. The smallest absolute Gasteiger partial charge is 0.115 e. The van der Waals surface area contributed by atoms with Crippen LogP contribution in [0.25, 0.3) is 10.9 Å². The average molecular weight is 287 g/mol. The van der Waals surface area contributed by atoms with Gasteiger partial charge in [0.05, 0.1) is 16.2 Å². The SMILES string of the molecule is Clc1cccnc1SCc1ccc2ccccc2n1. The van der Waals surface area contributed by atoms with Crippen molar-refractivity contribution < 1.29 is 0 Å². The number of hydrogen-bond acceptors (Lipinski definition) is 3. The second kappa shape index (κ2) is 5.59. The molecule has 0 saturated carbocycles. The van der Waals surface area contributed by atoms with Gasteiger partial charge in [-0.2, -0.15) is 0 Å². The fraction of sp³-hybridized carbons (Fsp3) is 0.0667. The second-order valence-electron chi connectivity index (χ2n) is 4.07. The molecular weight excluding hydrogens is 276 g/mol. The van der Waals surface area contributed by atoms with Crippen LogP contribution >= 0.6 is 23.4 Å². The van der Waals surface area contributed by atoms with Crippen LogP contribution in [0.3, 0.4) is 0 Å². The first kappa shape index (κ1) is 12.5. The molecule has 0 bridgehead atoms. The molecule has 0 atom stereocenters. The molecule has 0 aliphatic carbocycles. The van der Waals surface area contributed by atoms with Crippen LogP contribution in [0, 0.1) is 0 Å². The molecule has 2 heterocycles. The van der Waals surface area contributed by atoms with Crippen molar-refractivity contribution in [2.45, 2.75) is 10.8 Å². The molecule has 3 aromatic rings. The number of fused-ring (bicyclic) bond motifs is 1. The number of thioether (sulfide) groups is 1. The number of para-hydroxylation sites is 1. The molecule has 0 unspecified atom stereocenters. The quantitative estimate of drug-likeness (QED) is 0.659. The van der Waals surface area contributed by atoms with E-state index in [1.54, 1.807) is 18.0 Å². The molecule has 1 aromatic carbocycles. The molecule has 0 saturated heterocycles. The lowest BCUT2D eigenvalue weighted by molar-refractivity contribution is 1.12. The number of hydrogen-bond donors (Lipinski definition) is 0. The first-order valence-corrected chi connectivity index (χ1v) is 7.27. The number of pyridine rings is 2. The van der Waals surface area contributed by atoms with E-state index in [0.29, 0.717) is 5.02 Å². The molecule has 0 amide bonds. The van der Waals surface area contributed by atoms with Gasteiger partial charge < -0.3 is 0 Å². The van der Waals surface area contributed by atoms with Crippen LogP contribution in [0.15, 0.2) is 59.8 Å². The molecule has 0 aliphatic heterocycles. The Hall–Kier alpha value is -1.58. The molecule has 0 N–H and O–H groups in total. The molecular formula is C15H11ClN2S. The monoisotopic (exact) mass is 286 g/mol. The van der Waals surface area contributed by atoms with Crippen LogP contribution in [-0.2, 0) is 5.75 Å². The van der Waals surface area contributed by atoms with E-state index in [1.807, 2.05) is 36.4 Å². The second-order valence-corrected chi connectivity index (χ2v) is 5.45. The van der Waals surface area contributed by atoms with Crippen molar-refractivity contribution >= 4 is 34.3 Å². The van der Waals surface area contributed by atoms with Crippen molar-refractivity contribution in [1.29, 1.82) is 0 Å². The maximum Gasteiger partial charge on any atom is 0.115 e. The summed E-state index contributed by atoms with van der Waals surface area (Å²) in [4.78, 5) is 8.89. The molecule has 19 heavy (non-hydrogen) atoms. The van der Waals surface area contributed by atoms with Crippen LogP contribution in [0.4, 0.5) is 0 Å². The van der Waals surface area contributed by atoms with Crippen LogP contribution < -0.4 is 0 Å². The van der Waals surface area contributed by atoms with E-state index < -0.39 is 0 Å². The Labute approximate surface area is 120 Å². The molecule has 0 aliphatic rings. The van der Waals surface area contributed by atoms with Crippen LogP contribution in [0.2, 0.25) is 5.02 Å². The highest BCUT2D eigenvalue weighted by Crippen LogP contribution is 2.27. The van der Waals surface area contributed by atoms with Gasteiger partial charge in [-0.25, -0.2) is 4.98 Å². The zero-order valence-electron chi connectivity index (χ0n) is 10.1. The van der Waals surface area contributed by atoms with E-state index in [-0.39, 0.29) is 0 Å². The number of benzene rings is 1. The van der Waals surface area contributed by atoms with Gasteiger partial charge >= 0.3 is 0 Å². The van der Waals surface area contributed by atoms with Crippen molar-refractivity contribution in [3.8, 4) is 0 Å². The van der Waals surface area contributed by atoms with Gasteiger partial charge in [0, 0.05) is 17.3 Å². The Morgan fingerprint density at radius 2 is 1.89 bits per heavy atom. The van der Waals surface area contributed by atoms with E-state index in [4.69, 9.17) is 11.6 Å². The molecule has 0 spiro atoms. The summed E-state index contributed by atoms with van der Waals surface area (Å²) in [6.07, 6.45) is 1.75. The molecule has 0 radical (unpaired) electrons.